The van der Waals surface area contributed by atoms with Gasteiger partial charge in [0.1, 0.15) is 0 Å². The van der Waals surface area contributed by atoms with Gasteiger partial charge in [-0.15, -0.1) is 0 Å². The molecule has 0 spiro atoms. The number of nitrogens with zero attached hydrogens (tertiary/aromatic N) is 2. The van der Waals surface area contributed by atoms with Crippen LogP contribution in [0, 0.1) is 11.3 Å². The highest BCUT2D eigenvalue weighted by Crippen LogP contribution is 2.26. The lowest BCUT2D eigenvalue weighted by Gasteiger charge is -2.03. The number of nitriles is 1. The molecule has 0 bridgehead atoms. The van der Waals surface area contributed by atoms with Crippen molar-refractivity contribution in [3.8, 4) is 6.07 Å². The second-order valence-electron chi connectivity index (χ2n) is 2.43. The number of hydrogen-bond donors (Lipinski definition) is 0. The third kappa shape index (κ3) is 2.34. The fourth-order valence-corrected chi connectivity index (χ4v) is 1.22. The maximum absolute atomic E-state index is 10.00. The van der Waals surface area contributed by atoms with Crippen molar-refractivity contribution in [3.05, 3.63) is 33.8 Å². The smallest absolute Gasteiger partial charge is 0.211 e. The molecule has 0 radical (unpaired) electrons. The minimum absolute atomic E-state index is 0.325. The Hall–Kier alpha value is -1.33. The van der Waals surface area contributed by atoms with Gasteiger partial charge >= 0.3 is 0 Å². The van der Waals surface area contributed by atoms with Crippen LogP contribution in [0.25, 0.3) is 0 Å². The minimum Gasteiger partial charge on any atom is -0.211 e. The molecule has 1 unspecified atom stereocenters. The Labute approximate surface area is 90.6 Å². The zero-order valence-electron chi connectivity index (χ0n) is 6.87. The van der Waals surface area contributed by atoms with Crippen LogP contribution >= 0.6 is 23.2 Å². The van der Waals surface area contributed by atoms with Crippen LogP contribution in [-0.4, -0.2) is 6.08 Å². The van der Waals surface area contributed by atoms with Crippen LogP contribution in [-0.2, 0) is 4.79 Å². The lowest BCUT2D eigenvalue weighted by molar-refractivity contribution is 0.561. The van der Waals surface area contributed by atoms with Crippen molar-refractivity contribution >= 4 is 29.3 Å². The Morgan fingerprint density at radius 2 is 2.07 bits per heavy atom. The molecule has 1 rings (SSSR count). The van der Waals surface area contributed by atoms with Crippen LogP contribution in [0.5, 0.6) is 0 Å². The molecular formula is C9H4Cl2N2O. The van der Waals surface area contributed by atoms with E-state index in [4.69, 9.17) is 28.5 Å². The van der Waals surface area contributed by atoms with Crippen molar-refractivity contribution in [2.75, 3.05) is 0 Å². The highest BCUT2D eigenvalue weighted by atomic mass is 35.5. The monoisotopic (exact) mass is 226 g/mol. The van der Waals surface area contributed by atoms with Gasteiger partial charge in [-0.25, -0.2) is 4.79 Å². The first-order valence-electron chi connectivity index (χ1n) is 3.60. The summed E-state index contributed by atoms with van der Waals surface area (Å²) in [5, 5.41) is 9.39. The average molecular weight is 227 g/mol. The SMILES string of the molecule is N#CC(N=C=O)c1ccc(Cl)c(Cl)c1. The molecule has 0 amide bonds. The van der Waals surface area contributed by atoms with Crippen molar-refractivity contribution in [2.24, 2.45) is 4.99 Å². The van der Waals surface area contributed by atoms with E-state index in [0.29, 0.717) is 15.6 Å². The molecule has 0 saturated carbocycles. The Kier molecular flexibility index (Phi) is 3.67. The number of benzene rings is 1. The van der Waals surface area contributed by atoms with E-state index in [-0.39, 0.29) is 0 Å². The quantitative estimate of drug-likeness (QED) is 0.576. The standard InChI is InChI=1S/C9H4Cl2N2O/c10-7-2-1-6(3-8(7)11)9(4-12)13-5-14/h1-3,9H. The number of hydrogen-bond acceptors (Lipinski definition) is 3. The van der Waals surface area contributed by atoms with Crippen LogP contribution in [0.1, 0.15) is 11.6 Å². The number of aliphatic imine (C=N–C) groups is 1. The van der Waals surface area contributed by atoms with Crippen LogP contribution in [0.2, 0.25) is 10.0 Å². The van der Waals surface area contributed by atoms with Gasteiger partial charge in [0.25, 0.3) is 0 Å². The summed E-state index contributed by atoms with van der Waals surface area (Å²) in [5.74, 6) is 0. The molecule has 0 heterocycles. The Morgan fingerprint density at radius 3 is 2.57 bits per heavy atom. The molecule has 0 aliphatic carbocycles. The van der Waals surface area contributed by atoms with Gasteiger partial charge in [0, 0.05) is 0 Å². The first kappa shape index (κ1) is 10.7. The van der Waals surface area contributed by atoms with Gasteiger partial charge in [-0.1, -0.05) is 29.3 Å². The zero-order valence-corrected chi connectivity index (χ0v) is 8.38. The first-order chi connectivity index (χ1) is 6.69. The van der Waals surface area contributed by atoms with Crippen molar-refractivity contribution in [2.45, 2.75) is 6.04 Å². The Morgan fingerprint density at radius 1 is 1.36 bits per heavy atom. The van der Waals surface area contributed by atoms with Gasteiger partial charge in [0.05, 0.1) is 16.1 Å². The maximum atomic E-state index is 10.00. The molecule has 1 atom stereocenters. The molecule has 1 aromatic rings. The summed E-state index contributed by atoms with van der Waals surface area (Å²) in [6.45, 7) is 0. The minimum atomic E-state index is -0.873. The van der Waals surface area contributed by atoms with Gasteiger partial charge in [-0.3, -0.25) is 0 Å². The average Bonchev–Trinajstić information content (AvgIpc) is 2.19. The molecule has 3 nitrogen and oxygen atoms in total. The van der Waals surface area contributed by atoms with Gasteiger partial charge in [0.2, 0.25) is 6.08 Å². The maximum Gasteiger partial charge on any atom is 0.236 e. The van der Waals surface area contributed by atoms with Gasteiger partial charge in [-0.2, -0.15) is 10.3 Å². The molecule has 0 N–H and O–H groups in total. The molecule has 70 valence electrons. The summed E-state index contributed by atoms with van der Waals surface area (Å²) < 4.78 is 0. The van der Waals surface area contributed by atoms with Crippen LogP contribution in [0.4, 0.5) is 0 Å². The van der Waals surface area contributed by atoms with E-state index >= 15 is 0 Å². The van der Waals surface area contributed by atoms with E-state index in [1.165, 1.54) is 12.1 Å². The molecule has 5 heteroatoms. The lowest BCUT2D eigenvalue weighted by Crippen LogP contribution is -1.91. The van der Waals surface area contributed by atoms with Crippen LogP contribution in [0.3, 0.4) is 0 Å². The second kappa shape index (κ2) is 4.78. The third-order valence-corrected chi connectivity index (χ3v) is 2.30. The van der Waals surface area contributed by atoms with E-state index in [0.717, 1.165) is 0 Å². The van der Waals surface area contributed by atoms with Crippen LogP contribution < -0.4 is 0 Å². The molecule has 14 heavy (non-hydrogen) atoms. The van der Waals surface area contributed by atoms with Gasteiger partial charge < -0.3 is 0 Å². The lowest BCUT2D eigenvalue weighted by atomic mass is 10.1. The predicted octanol–water partition coefficient (Wildman–Crippen LogP) is 2.89. The molecule has 0 saturated heterocycles. The van der Waals surface area contributed by atoms with E-state index in [9.17, 15) is 4.79 Å². The summed E-state index contributed by atoms with van der Waals surface area (Å²) in [4.78, 5) is 13.3. The topological polar surface area (TPSA) is 53.2 Å². The van der Waals surface area contributed by atoms with E-state index < -0.39 is 6.04 Å². The molecule has 0 aromatic heterocycles. The van der Waals surface area contributed by atoms with Crippen molar-refractivity contribution in [3.63, 3.8) is 0 Å². The second-order valence-corrected chi connectivity index (χ2v) is 3.24. The summed E-state index contributed by atoms with van der Waals surface area (Å²) in [7, 11) is 0. The highest BCUT2D eigenvalue weighted by Gasteiger charge is 2.09. The van der Waals surface area contributed by atoms with Gasteiger partial charge in [0.15, 0.2) is 6.04 Å². The molecule has 0 aliphatic heterocycles. The largest absolute Gasteiger partial charge is 0.236 e. The normalized spacial score (nSPS) is 11.2. The Balaban J connectivity index is 3.13. The zero-order chi connectivity index (χ0) is 10.6. The van der Waals surface area contributed by atoms with Gasteiger partial charge in [-0.05, 0) is 17.7 Å². The van der Waals surface area contributed by atoms with Crippen molar-refractivity contribution in [1.82, 2.24) is 0 Å². The number of isocyanates is 1. The van der Waals surface area contributed by atoms with E-state index in [1.807, 2.05) is 6.07 Å². The van der Waals surface area contributed by atoms with Crippen molar-refractivity contribution in [1.29, 1.82) is 5.26 Å². The molecule has 0 fully saturated rings. The number of halogens is 2. The summed E-state index contributed by atoms with van der Waals surface area (Å²) >= 11 is 11.4. The van der Waals surface area contributed by atoms with Crippen molar-refractivity contribution < 1.29 is 4.79 Å². The fourth-order valence-electron chi connectivity index (χ4n) is 0.913. The summed E-state index contributed by atoms with van der Waals surface area (Å²) in [6.07, 6.45) is 1.33. The molecular weight excluding hydrogens is 223 g/mol. The third-order valence-electron chi connectivity index (χ3n) is 1.56. The molecule has 1 aromatic carbocycles. The number of rotatable bonds is 2. The molecule has 0 aliphatic rings. The first-order valence-corrected chi connectivity index (χ1v) is 4.36. The summed E-state index contributed by atoms with van der Waals surface area (Å²) in [5.41, 5.74) is 0.519. The predicted molar refractivity (Wildman–Crippen MR) is 52.9 cm³/mol. The van der Waals surface area contributed by atoms with E-state index in [1.54, 1.807) is 12.1 Å². The Bertz CT molecular complexity index is 433. The van der Waals surface area contributed by atoms with E-state index in [2.05, 4.69) is 4.99 Å². The number of carbonyl (C=O) groups excluding carboxylic acids is 1. The highest BCUT2D eigenvalue weighted by molar-refractivity contribution is 6.42. The summed E-state index contributed by atoms with van der Waals surface area (Å²) in [6, 6.07) is 5.59. The fraction of sp³-hybridized carbons (Fsp3) is 0.111. The van der Waals surface area contributed by atoms with Crippen LogP contribution in [0.15, 0.2) is 23.2 Å².